The Morgan fingerprint density at radius 1 is 1.08 bits per heavy atom. The molecule has 0 bridgehead atoms. The molecule has 2 aliphatic heterocycles. The Morgan fingerprint density at radius 3 is 2.64 bits per heavy atom. The highest BCUT2D eigenvalue weighted by molar-refractivity contribution is 8.27. The van der Waals surface area contributed by atoms with Crippen molar-refractivity contribution >= 4 is 45.8 Å². The summed E-state index contributed by atoms with van der Waals surface area (Å²) < 4.78 is 10.9. The Kier molecular flexibility index (Phi) is 6.17. The minimum Gasteiger partial charge on any atom is -0.493 e. The van der Waals surface area contributed by atoms with E-state index < -0.39 is 11.9 Å². The first kappa shape index (κ1) is 23.2. The number of pyridine rings is 1. The van der Waals surface area contributed by atoms with Crippen molar-refractivity contribution in [3.05, 3.63) is 94.8 Å². The van der Waals surface area contributed by atoms with Crippen LogP contribution in [0.1, 0.15) is 27.0 Å². The number of thioether (sulfide) groups is 1. The highest BCUT2D eigenvalue weighted by Gasteiger charge is 2.36. The van der Waals surface area contributed by atoms with Crippen LogP contribution in [0.25, 0.3) is 6.08 Å². The molecule has 0 aliphatic carbocycles. The number of ether oxygens (including phenoxy) is 2. The van der Waals surface area contributed by atoms with E-state index in [-0.39, 0.29) is 17.2 Å². The summed E-state index contributed by atoms with van der Waals surface area (Å²) in [5.74, 6) is -0.601. The van der Waals surface area contributed by atoms with Crippen LogP contribution >= 0.6 is 11.8 Å². The molecule has 3 heterocycles. The van der Waals surface area contributed by atoms with E-state index in [0.29, 0.717) is 27.1 Å². The lowest BCUT2D eigenvalue weighted by atomic mass is 10.1. The number of carbonyl (C=O) groups is 2. The summed E-state index contributed by atoms with van der Waals surface area (Å²) in [4.78, 5) is 33.4. The molecule has 1 amide bonds. The molecule has 0 fully saturated rings. The molecule has 5 rings (SSSR count). The molecule has 0 atom stereocenters. The van der Waals surface area contributed by atoms with E-state index in [4.69, 9.17) is 14.9 Å². The van der Waals surface area contributed by atoms with Gasteiger partial charge < -0.3 is 9.47 Å². The van der Waals surface area contributed by atoms with Crippen LogP contribution in [-0.4, -0.2) is 45.0 Å². The zero-order valence-electron chi connectivity index (χ0n) is 19.3. The molecule has 2 aliphatic rings. The number of fused-ring (bicyclic) bond motifs is 1. The molecule has 10 heteroatoms. The molecule has 178 valence electrons. The van der Waals surface area contributed by atoms with Crippen LogP contribution in [0.2, 0.25) is 0 Å². The van der Waals surface area contributed by atoms with Crippen LogP contribution in [0.5, 0.6) is 11.5 Å². The van der Waals surface area contributed by atoms with E-state index in [1.807, 2.05) is 13.0 Å². The van der Waals surface area contributed by atoms with Crippen LogP contribution in [-0.2, 0) is 4.79 Å². The number of hydrogen-bond acceptors (Lipinski definition) is 8. The third-order valence-electron chi connectivity index (χ3n) is 5.34. The molecular formula is C26H19N5O4S. The molecule has 0 saturated carbocycles. The molecule has 1 N–H and O–H groups in total. The summed E-state index contributed by atoms with van der Waals surface area (Å²) in [5.41, 5.74) is 2.83. The van der Waals surface area contributed by atoms with Crippen molar-refractivity contribution in [3.8, 4) is 11.5 Å². The quantitative estimate of drug-likeness (QED) is 0.317. The monoisotopic (exact) mass is 497 g/mol. The number of benzene rings is 2. The normalized spacial score (nSPS) is 15.9. The molecule has 3 aromatic rings. The molecule has 0 spiro atoms. The molecule has 0 radical (unpaired) electrons. The van der Waals surface area contributed by atoms with Gasteiger partial charge in [-0.1, -0.05) is 23.8 Å². The van der Waals surface area contributed by atoms with Crippen LogP contribution in [0.4, 0.5) is 0 Å². The van der Waals surface area contributed by atoms with Gasteiger partial charge in [0.25, 0.3) is 5.91 Å². The lowest BCUT2D eigenvalue weighted by molar-refractivity contribution is -0.114. The summed E-state index contributed by atoms with van der Waals surface area (Å²) in [6, 6.07) is 15.6. The number of aryl methyl sites for hydroxylation is 1. The van der Waals surface area contributed by atoms with E-state index in [0.717, 1.165) is 11.1 Å². The molecule has 0 saturated heterocycles. The van der Waals surface area contributed by atoms with Crippen LogP contribution < -0.4 is 9.47 Å². The van der Waals surface area contributed by atoms with Crippen molar-refractivity contribution < 1.29 is 19.1 Å². The highest BCUT2D eigenvalue weighted by Crippen LogP contribution is 2.33. The number of rotatable bonds is 5. The SMILES string of the molecule is COc1cc(/C=C2\C(=N)N3N=C(c4ccncc4)SC3=NC2=O)ccc1OC(=O)c1cccc(C)c1. The maximum atomic E-state index is 12.7. The van der Waals surface area contributed by atoms with Gasteiger partial charge in [-0.25, -0.2) is 4.79 Å². The largest absolute Gasteiger partial charge is 0.493 e. The maximum Gasteiger partial charge on any atom is 0.343 e. The molecular weight excluding hydrogens is 478 g/mol. The van der Waals surface area contributed by atoms with Crippen molar-refractivity contribution in [2.45, 2.75) is 6.92 Å². The fraction of sp³-hybridized carbons (Fsp3) is 0.0769. The Labute approximate surface area is 210 Å². The topological polar surface area (TPSA) is 117 Å². The standard InChI is InChI=1S/C26H19N5O4S/c1-15-4-3-5-18(12-15)25(33)35-20-7-6-16(14-21(20)34-2)13-19-22(27)31-26(29-23(19)32)36-24(30-31)17-8-10-28-11-9-17/h3-14,27H,1-2H3/b19-13+,27-22?. The molecule has 1 aromatic heterocycles. The average molecular weight is 498 g/mol. The number of carbonyl (C=O) groups excluding carboxylic acids is 2. The van der Waals surface area contributed by atoms with Crippen molar-refractivity contribution in [1.29, 1.82) is 5.41 Å². The number of aromatic nitrogens is 1. The number of aliphatic imine (C=N–C) groups is 1. The van der Waals surface area contributed by atoms with Crippen molar-refractivity contribution in [2.75, 3.05) is 7.11 Å². The molecule has 9 nitrogen and oxygen atoms in total. The fourth-order valence-corrected chi connectivity index (χ4v) is 4.46. The van der Waals surface area contributed by atoms with Gasteiger partial charge in [-0.2, -0.15) is 15.1 Å². The second-order valence-corrected chi connectivity index (χ2v) is 8.79. The summed E-state index contributed by atoms with van der Waals surface area (Å²) in [6.07, 6.45) is 4.83. The number of hydrazone groups is 1. The van der Waals surface area contributed by atoms with E-state index in [2.05, 4.69) is 15.1 Å². The number of esters is 1. The Bertz CT molecular complexity index is 1500. The fourth-order valence-electron chi connectivity index (χ4n) is 3.56. The minimum absolute atomic E-state index is 0.0747. The summed E-state index contributed by atoms with van der Waals surface area (Å²) in [5, 5.41) is 15.3. The Hall–Kier alpha value is -4.57. The lowest BCUT2D eigenvalue weighted by Crippen LogP contribution is -2.35. The van der Waals surface area contributed by atoms with Gasteiger partial charge in [0, 0.05) is 18.0 Å². The Balaban J connectivity index is 1.40. The van der Waals surface area contributed by atoms with E-state index in [1.165, 1.54) is 30.0 Å². The van der Waals surface area contributed by atoms with Crippen LogP contribution in [0, 0.1) is 12.3 Å². The summed E-state index contributed by atoms with van der Waals surface area (Å²) in [7, 11) is 1.46. The number of nitrogens with zero attached hydrogens (tertiary/aromatic N) is 4. The van der Waals surface area contributed by atoms with E-state index in [9.17, 15) is 9.59 Å². The lowest BCUT2D eigenvalue weighted by Gasteiger charge is -2.20. The second kappa shape index (κ2) is 9.59. The molecule has 2 aromatic carbocycles. The highest BCUT2D eigenvalue weighted by atomic mass is 32.2. The maximum absolute atomic E-state index is 12.7. The van der Waals surface area contributed by atoms with Gasteiger partial charge in [-0.15, -0.1) is 0 Å². The number of nitrogens with one attached hydrogen (secondary N) is 1. The minimum atomic E-state index is -0.543. The first-order chi connectivity index (χ1) is 17.4. The number of amides is 1. The predicted octanol–water partition coefficient (Wildman–Crippen LogP) is 4.29. The third kappa shape index (κ3) is 4.53. The van der Waals surface area contributed by atoms with Crippen molar-refractivity contribution in [3.63, 3.8) is 0 Å². The van der Waals surface area contributed by atoms with Gasteiger partial charge in [0.15, 0.2) is 17.3 Å². The van der Waals surface area contributed by atoms with E-state index >= 15 is 0 Å². The van der Waals surface area contributed by atoms with Crippen molar-refractivity contribution in [1.82, 2.24) is 9.99 Å². The van der Waals surface area contributed by atoms with Crippen LogP contribution in [0.3, 0.4) is 0 Å². The van der Waals surface area contributed by atoms with Gasteiger partial charge in [0.2, 0.25) is 5.17 Å². The second-order valence-electron chi connectivity index (χ2n) is 7.83. The van der Waals surface area contributed by atoms with Gasteiger partial charge in [-0.05, 0) is 66.7 Å². The smallest absolute Gasteiger partial charge is 0.343 e. The van der Waals surface area contributed by atoms with Gasteiger partial charge >= 0.3 is 5.97 Å². The summed E-state index contributed by atoms with van der Waals surface area (Å²) in [6.45, 7) is 1.89. The number of methoxy groups -OCH3 is 1. The van der Waals surface area contributed by atoms with E-state index in [1.54, 1.807) is 60.9 Å². The predicted molar refractivity (Wildman–Crippen MR) is 137 cm³/mol. The average Bonchev–Trinajstić information content (AvgIpc) is 3.32. The third-order valence-corrected chi connectivity index (χ3v) is 6.29. The summed E-state index contributed by atoms with van der Waals surface area (Å²) >= 11 is 1.22. The first-order valence-corrected chi connectivity index (χ1v) is 11.6. The zero-order valence-corrected chi connectivity index (χ0v) is 20.1. The number of hydrogen-bond donors (Lipinski definition) is 1. The Morgan fingerprint density at radius 2 is 1.89 bits per heavy atom. The number of amidine groups is 2. The first-order valence-electron chi connectivity index (χ1n) is 10.8. The molecule has 0 unspecified atom stereocenters. The van der Waals surface area contributed by atoms with Gasteiger partial charge in [-0.3, -0.25) is 15.2 Å². The zero-order chi connectivity index (χ0) is 25.2. The molecule has 36 heavy (non-hydrogen) atoms. The van der Waals surface area contributed by atoms with Gasteiger partial charge in [0.05, 0.1) is 18.2 Å². The van der Waals surface area contributed by atoms with Crippen LogP contribution in [0.15, 0.2) is 82.7 Å². The van der Waals surface area contributed by atoms with Gasteiger partial charge in [0.1, 0.15) is 5.04 Å². The van der Waals surface area contributed by atoms with Crippen molar-refractivity contribution in [2.24, 2.45) is 10.1 Å².